The molecule has 0 bridgehead atoms. The average Bonchev–Trinajstić information content (AvgIpc) is 3.02. The number of hydrogen-bond acceptors (Lipinski definition) is 5. The Morgan fingerprint density at radius 3 is 2.74 bits per heavy atom. The van der Waals surface area contributed by atoms with Gasteiger partial charge in [0, 0.05) is 30.4 Å². The zero-order valence-corrected chi connectivity index (χ0v) is 12.0. The predicted molar refractivity (Wildman–Crippen MR) is 73.2 cm³/mol. The van der Waals surface area contributed by atoms with Gasteiger partial charge in [0.05, 0.1) is 0 Å². The van der Waals surface area contributed by atoms with Gasteiger partial charge in [0.15, 0.2) is 0 Å². The minimum absolute atomic E-state index is 0.108. The number of amides is 1. The summed E-state index contributed by atoms with van der Waals surface area (Å²) in [6.45, 7) is 0.431. The van der Waals surface area contributed by atoms with Gasteiger partial charge in [0.2, 0.25) is 15.9 Å². The molecule has 0 aromatic carbocycles. The molecule has 4 N–H and O–H groups in total. The molecule has 0 spiro atoms. The van der Waals surface area contributed by atoms with E-state index in [0.717, 1.165) is 29.1 Å². The molecule has 1 aromatic rings. The Morgan fingerprint density at radius 2 is 2.16 bits per heavy atom. The van der Waals surface area contributed by atoms with Gasteiger partial charge in [-0.15, -0.1) is 11.3 Å². The maximum absolute atomic E-state index is 11.9. The van der Waals surface area contributed by atoms with E-state index in [1.807, 2.05) is 0 Å². The van der Waals surface area contributed by atoms with Gasteiger partial charge in [0.1, 0.15) is 4.21 Å². The fourth-order valence-electron chi connectivity index (χ4n) is 1.51. The molecule has 0 atom stereocenters. The van der Waals surface area contributed by atoms with Crippen molar-refractivity contribution in [1.82, 2.24) is 10.0 Å². The zero-order valence-electron chi connectivity index (χ0n) is 10.4. The van der Waals surface area contributed by atoms with Gasteiger partial charge in [-0.2, -0.15) is 0 Å². The van der Waals surface area contributed by atoms with E-state index in [0.29, 0.717) is 12.6 Å². The van der Waals surface area contributed by atoms with Crippen LogP contribution < -0.4 is 15.8 Å². The third-order valence-electron chi connectivity index (χ3n) is 2.69. The summed E-state index contributed by atoms with van der Waals surface area (Å²) < 4.78 is 26.5. The van der Waals surface area contributed by atoms with Crippen LogP contribution in [0, 0.1) is 0 Å². The Labute approximate surface area is 116 Å². The largest absolute Gasteiger partial charge is 0.353 e. The molecule has 0 unspecified atom stereocenters. The smallest absolute Gasteiger partial charge is 0.250 e. The summed E-state index contributed by atoms with van der Waals surface area (Å²) in [5.41, 5.74) is 5.44. The summed E-state index contributed by atoms with van der Waals surface area (Å²) in [6, 6.07) is 3.52. The number of carbonyl (C=O) groups excluding carboxylic acids is 1. The van der Waals surface area contributed by atoms with E-state index in [4.69, 9.17) is 5.73 Å². The third kappa shape index (κ3) is 4.27. The van der Waals surface area contributed by atoms with Crippen LogP contribution in [0.25, 0.3) is 0 Å². The summed E-state index contributed by atoms with van der Waals surface area (Å²) >= 11 is 1.14. The Morgan fingerprint density at radius 1 is 1.42 bits per heavy atom. The lowest BCUT2D eigenvalue weighted by atomic mass is 10.4. The molecule has 19 heavy (non-hydrogen) atoms. The van der Waals surface area contributed by atoms with Crippen LogP contribution in [0.5, 0.6) is 0 Å². The lowest BCUT2D eigenvalue weighted by Gasteiger charge is -2.05. The van der Waals surface area contributed by atoms with Gasteiger partial charge >= 0.3 is 0 Å². The van der Waals surface area contributed by atoms with Crippen molar-refractivity contribution >= 4 is 27.3 Å². The van der Waals surface area contributed by atoms with Crippen LogP contribution in [0.3, 0.4) is 0 Å². The summed E-state index contributed by atoms with van der Waals surface area (Å²) in [7, 11) is -3.53. The minimum atomic E-state index is -3.53. The van der Waals surface area contributed by atoms with Crippen molar-refractivity contribution in [3.63, 3.8) is 0 Å². The summed E-state index contributed by atoms with van der Waals surface area (Å²) in [5, 5.41) is 2.81. The van der Waals surface area contributed by atoms with Gasteiger partial charge in [-0.05, 0) is 25.0 Å². The molecule has 0 saturated heterocycles. The fourth-order valence-corrected chi connectivity index (χ4v) is 3.82. The molecular weight excluding hydrogens is 286 g/mol. The van der Waals surface area contributed by atoms with Gasteiger partial charge < -0.3 is 11.1 Å². The molecule has 8 heteroatoms. The van der Waals surface area contributed by atoms with Crippen molar-refractivity contribution in [1.29, 1.82) is 0 Å². The number of sulfonamides is 1. The number of hydrogen-bond donors (Lipinski definition) is 3. The van der Waals surface area contributed by atoms with Gasteiger partial charge in [-0.25, -0.2) is 13.1 Å². The molecular formula is C11H17N3O3S2. The highest BCUT2D eigenvalue weighted by Crippen LogP contribution is 2.21. The van der Waals surface area contributed by atoms with E-state index < -0.39 is 10.0 Å². The average molecular weight is 303 g/mol. The topological polar surface area (TPSA) is 101 Å². The second-order valence-electron chi connectivity index (χ2n) is 4.41. The molecule has 1 amide bonds. The lowest BCUT2D eigenvalue weighted by Crippen LogP contribution is -2.31. The second-order valence-corrected chi connectivity index (χ2v) is 7.58. The van der Waals surface area contributed by atoms with Gasteiger partial charge in [-0.3, -0.25) is 4.79 Å². The molecule has 0 radical (unpaired) electrons. The molecule has 1 aliphatic carbocycles. The third-order valence-corrected chi connectivity index (χ3v) is 5.75. The van der Waals surface area contributed by atoms with Crippen LogP contribution >= 0.6 is 11.3 Å². The van der Waals surface area contributed by atoms with Crippen LogP contribution in [0.4, 0.5) is 0 Å². The lowest BCUT2D eigenvalue weighted by molar-refractivity contribution is -0.121. The maximum Gasteiger partial charge on any atom is 0.250 e. The molecule has 1 heterocycles. The SMILES string of the molecule is NCc1ccc(S(=O)(=O)NCCC(=O)NC2CC2)s1. The van der Waals surface area contributed by atoms with Crippen molar-refractivity contribution in [2.75, 3.05) is 6.54 Å². The highest BCUT2D eigenvalue weighted by molar-refractivity contribution is 7.91. The monoisotopic (exact) mass is 303 g/mol. The second kappa shape index (κ2) is 6.00. The Bertz CT molecular complexity index is 549. The normalized spacial score (nSPS) is 15.4. The Hall–Kier alpha value is -0.960. The van der Waals surface area contributed by atoms with E-state index in [9.17, 15) is 13.2 Å². The molecule has 2 rings (SSSR count). The quantitative estimate of drug-likeness (QED) is 0.667. The van der Waals surface area contributed by atoms with Crippen LogP contribution in [-0.4, -0.2) is 26.9 Å². The molecule has 1 fully saturated rings. The number of rotatable bonds is 7. The Balaban J connectivity index is 1.81. The zero-order chi connectivity index (χ0) is 13.9. The molecule has 1 aromatic heterocycles. The van der Waals surface area contributed by atoms with Crippen LogP contribution in [0.15, 0.2) is 16.3 Å². The number of carbonyl (C=O) groups is 1. The first-order valence-corrected chi connectivity index (χ1v) is 8.39. The highest BCUT2D eigenvalue weighted by Gasteiger charge is 2.23. The first kappa shape index (κ1) is 14.4. The Kier molecular flexibility index (Phi) is 4.56. The molecule has 0 aliphatic heterocycles. The van der Waals surface area contributed by atoms with Crippen molar-refractivity contribution in [2.45, 2.75) is 36.1 Å². The predicted octanol–water partition coefficient (Wildman–Crippen LogP) is 0.154. The standard InChI is InChI=1S/C11H17N3O3S2/c12-7-9-3-4-11(18-9)19(16,17)13-6-5-10(15)14-8-1-2-8/h3-4,8,13H,1-2,5-7,12H2,(H,14,15). The van der Waals surface area contributed by atoms with Gasteiger partial charge in [-0.1, -0.05) is 0 Å². The van der Waals surface area contributed by atoms with E-state index in [1.54, 1.807) is 6.07 Å². The number of nitrogens with one attached hydrogen (secondary N) is 2. The van der Waals surface area contributed by atoms with Crippen LogP contribution in [-0.2, 0) is 21.4 Å². The molecule has 1 saturated carbocycles. The van der Waals surface area contributed by atoms with Crippen LogP contribution in [0.2, 0.25) is 0 Å². The maximum atomic E-state index is 11.9. The first-order chi connectivity index (χ1) is 9.01. The summed E-state index contributed by atoms with van der Waals surface area (Å²) in [4.78, 5) is 12.2. The van der Waals surface area contributed by atoms with Crippen molar-refractivity contribution in [2.24, 2.45) is 5.73 Å². The van der Waals surface area contributed by atoms with E-state index >= 15 is 0 Å². The molecule has 6 nitrogen and oxygen atoms in total. The minimum Gasteiger partial charge on any atom is -0.353 e. The van der Waals surface area contributed by atoms with Crippen molar-refractivity contribution in [3.05, 3.63) is 17.0 Å². The van der Waals surface area contributed by atoms with Crippen molar-refractivity contribution in [3.8, 4) is 0 Å². The summed E-state index contributed by atoms with van der Waals surface area (Å²) in [5.74, 6) is -0.112. The van der Waals surface area contributed by atoms with E-state index in [-0.39, 0.29) is 23.1 Å². The van der Waals surface area contributed by atoms with Gasteiger partial charge in [0.25, 0.3) is 0 Å². The highest BCUT2D eigenvalue weighted by atomic mass is 32.2. The molecule has 1 aliphatic rings. The number of nitrogens with two attached hydrogens (primary N) is 1. The fraction of sp³-hybridized carbons (Fsp3) is 0.545. The van der Waals surface area contributed by atoms with E-state index in [2.05, 4.69) is 10.0 Å². The molecule has 106 valence electrons. The summed E-state index contributed by atoms with van der Waals surface area (Å²) in [6.07, 6.45) is 2.20. The van der Waals surface area contributed by atoms with Crippen molar-refractivity contribution < 1.29 is 13.2 Å². The van der Waals surface area contributed by atoms with Crippen LogP contribution in [0.1, 0.15) is 24.1 Å². The van der Waals surface area contributed by atoms with E-state index in [1.165, 1.54) is 6.07 Å². The number of thiophene rings is 1. The first-order valence-electron chi connectivity index (χ1n) is 6.09.